The fourth-order valence-electron chi connectivity index (χ4n) is 2.31. The Balaban J connectivity index is 2.31. The van der Waals surface area contributed by atoms with Crippen LogP contribution in [0.15, 0.2) is 41.3 Å². The molecule has 10 heteroatoms. The Morgan fingerprint density at radius 1 is 1.14 bits per heavy atom. The van der Waals surface area contributed by atoms with Gasteiger partial charge in [-0.15, -0.1) is 11.8 Å². The molecule has 0 radical (unpaired) electrons. The average molecular weight is 446 g/mol. The average Bonchev–Trinajstić information content (AvgIpc) is 2.68. The Labute approximate surface area is 175 Å². The normalized spacial score (nSPS) is 11.7. The number of thioether (sulfide) groups is 1. The van der Waals surface area contributed by atoms with Crippen molar-refractivity contribution in [3.05, 3.63) is 47.0 Å². The first-order chi connectivity index (χ1) is 13.8. The summed E-state index contributed by atoms with van der Waals surface area (Å²) in [6.45, 7) is -1.48. The zero-order chi connectivity index (χ0) is 21.6. The predicted octanol–water partition coefficient (Wildman–Crippen LogP) is 4.86. The maximum atomic E-state index is 12.7. The number of carbonyl (C=O) groups excluding carboxylic acids is 2. The lowest BCUT2D eigenvalue weighted by molar-refractivity contribution is -0.115. The summed E-state index contributed by atoms with van der Waals surface area (Å²) in [6.07, 6.45) is 0. The molecule has 0 spiro atoms. The van der Waals surface area contributed by atoms with Gasteiger partial charge in [0.1, 0.15) is 0 Å². The molecule has 0 aliphatic heterocycles. The summed E-state index contributed by atoms with van der Waals surface area (Å²) >= 11 is 7.31. The Morgan fingerprint density at radius 3 is 2.41 bits per heavy atom. The molecule has 2 rings (SSSR count). The fourth-order valence-corrected chi connectivity index (χ4v) is 3.46. The van der Waals surface area contributed by atoms with E-state index in [0.29, 0.717) is 9.92 Å². The maximum absolute atomic E-state index is 12.7. The number of benzene rings is 2. The number of hydrogen-bond donors (Lipinski definition) is 1. The molecule has 156 valence electrons. The molecule has 0 saturated carbocycles. The minimum Gasteiger partial charge on any atom is -0.493 e. The quantitative estimate of drug-likeness (QED) is 0.462. The van der Waals surface area contributed by atoms with Crippen molar-refractivity contribution in [1.82, 2.24) is 0 Å². The van der Waals surface area contributed by atoms with E-state index in [1.807, 2.05) is 0 Å². The lowest BCUT2D eigenvalue weighted by Gasteiger charge is -2.17. The first-order valence-corrected chi connectivity index (χ1v) is 9.49. The van der Waals surface area contributed by atoms with Crippen LogP contribution in [-0.4, -0.2) is 38.0 Å². The van der Waals surface area contributed by atoms with E-state index >= 15 is 0 Å². The number of ether oxygens (including phenoxy) is 3. The minimum atomic E-state index is -3.12. The second-order valence-electron chi connectivity index (χ2n) is 5.60. The lowest BCUT2D eigenvalue weighted by atomic mass is 10.1. The number of hydrogen-bond acceptors (Lipinski definition) is 6. The molecule has 0 aliphatic carbocycles. The molecule has 0 bridgehead atoms. The van der Waals surface area contributed by atoms with E-state index < -0.39 is 23.7 Å². The first kappa shape index (κ1) is 22.8. The molecule has 2 aromatic rings. The molecule has 0 fully saturated rings. The van der Waals surface area contributed by atoms with E-state index in [4.69, 9.17) is 21.1 Å². The van der Waals surface area contributed by atoms with Crippen LogP contribution in [0.1, 0.15) is 17.3 Å². The van der Waals surface area contributed by atoms with Crippen molar-refractivity contribution >= 4 is 40.9 Å². The van der Waals surface area contributed by atoms with Gasteiger partial charge in [0, 0.05) is 17.0 Å². The molecule has 2 aromatic carbocycles. The van der Waals surface area contributed by atoms with Crippen molar-refractivity contribution < 1.29 is 32.6 Å². The number of rotatable bonds is 8. The highest BCUT2D eigenvalue weighted by molar-refractivity contribution is 8.00. The highest BCUT2D eigenvalue weighted by atomic mass is 35.5. The summed E-state index contributed by atoms with van der Waals surface area (Å²) in [4.78, 5) is 25.4. The molecule has 0 aromatic heterocycles. The summed E-state index contributed by atoms with van der Waals surface area (Å²) in [5.74, 6) is -1.71. The Kier molecular flexibility index (Phi) is 8.10. The van der Waals surface area contributed by atoms with E-state index in [0.717, 1.165) is 19.2 Å². The number of nitrogens with one attached hydrogen (secondary N) is 1. The predicted molar refractivity (Wildman–Crippen MR) is 106 cm³/mol. The number of anilines is 1. The van der Waals surface area contributed by atoms with Gasteiger partial charge >= 0.3 is 12.6 Å². The zero-order valence-corrected chi connectivity index (χ0v) is 17.3. The van der Waals surface area contributed by atoms with Crippen molar-refractivity contribution in [2.24, 2.45) is 0 Å². The van der Waals surface area contributed by atoms with Gasteiger partial charge < -0.3 is 19.5 Å². The highest BCUT2D eigenvalue weighted by Gasteiger charge is 2.23. The van der Waals surface area contributed by atoms with Crippen LogP contribution in [0.2, 0.25) is 5.02 Å². The number of carbonyl (C=O) groups is 2. The van der Waals surface area contributed by atoms with Gasteiger partial charge in [-0.25, -0.2) is 4.79 Å². The van der Waals surface area contributed by atoms with E-state index in [1.165, 1.54) is 18.9 Å². The lowest BCUT2D eigenvalue weighted by Crippen LogP contribution is -2.24. The number of methoxy groups -OCH3 is 2. The van der Waals surface area contributed by atoms with Crippen LogP contribution in [0.3, 0.4) is 0 Å². The van der Waals surface area contributed by atoms with Gasteiger partial charge in [-0.1, -0.05) is 23.7 Å². The molecule has 1 amide bonds. The molecule has 0 heterocycles. The summed E-state index contributed by atoms with van der Waals surface area (Å²) in [5, 5.41) is 2.43. The van der Waals surface area contributed by atoms with Gasteiger partial charge in [0.25, 0.3) is 0 Å². The molecule has 0 aliphatic rings. The van der Waals surface area contributed by atoms with Crippen molar-refractivity contribution in [3.63, 3.8) is 0 Å². The maximum Gasteiger partial charge on any atom is 0.387 e. The van der Waals surface area contributed by atoms with Crippen LogP contribution in [0.4, 0.5) is 14.5 Å². The SMILES string of the molecule is COC(=O)c1cc(OC)c(OC(F)F)cc1NC(=O)C(C)Sc1ccccc1Cl. The molecule has 6 nitrogen and oxygen atoms in total. The largest absolute Gasteiger partial charge is 0.493 e. The third-order valence-corrected chi connectivity index (χ3v) is 5.31. The summed E-state index contributed by atoms with van der Waals surface area (Å²) < 4.78 is 39.5. The van der Waals surface area contributed by atoms with Gasteiger partial charge in [0.15, 0.2) is 11.5 Å². The second-order valence-corrected chi connectivity index (χ2v) is 7.39. The summed E-state index contributed by atoms with van der Waals surface area (Å²) in [6, 6.07) is 9.25. The van der Waals surface area contributed by atoms with Gasteiger partial charge in [-0.05, 0) is 19.1 Å². The second kappa shape index (κ2) is 10.3. The Morgan fingerprint density at radius 2 is 1.83 bits per heavy atom. The molecular weight excluding hydrogens is 428 g/mol. The third kappa shape index (κ3) is 5.98. The minimum absolute atomic E-state index is 0.0510. The molecule has 0 saturated heterocycles. The number of amides is 1. The van der Waals surface area contributed by atoms with Crippen molar-refractivity contribution in [1.29, 1.82) is 0 Å². The molecule has 29 heavy (non-hydrogen) atoms. The van der Waals surface area contributed by atoms with E-state index in [1.54, 1.807) is 31.2 Å². The van der Waals surface area contributed by atoms with Gasteiger partial charge in [0.05, 0.1) is 35.7 Å². The van der Waals surface area contributed by atoms with Crippen LogP contribution >= 0.6 is 23.4 Å². The summed E-state index contributed by atoms with van der Waals surface area (Å²) in [7, 11) is 2.38. The zero-order valence-electron chi connectivity index (χ0n) is 15.7. The van der Waals surface area contributed by atoms with Crippen LogP contribution in [0, 0.1) is 0 Å². The van der Waals surface area contributed by atoms with Crippen molar-refractivity contribution in [2.45, 2.75) is 23.7 Å². The topological polar surface area (TPSA) is 73.9 Å². The Bertz CT molecular complexity index is 897. The van der Waals surface area contributed by atoms with Gasteiger partial charge in [-0.2, -0.15) is 8.78 Å². The van der Waals surface area contributed by atoms with E-state index in [9.17, 15) is 18.4 Å². The molecular formula is C19H18ClF2NO5S. The molecule has 1 N–H and O–H groups in total. The van der Waals surface area contributed by atoms with E-state index in [2.05, 4.69) is 10.1 Å². The monoisotopic (exact) mass is 445 g/mol. The molecule has 1 atom stereocenters. The van der Waals surface area contributed by atoms with Crippen LogP contribution in [0.5, 0.6) is 11.5 Å². The Hall–Kier alpha value is -2.52. The first-order valence-electron chi connectivity index (χ1n) is 8.24. The van der Waals surface area contributed by atoms with Crippen molar-refractivity contribution in [2.75, 3.05) is 19.5 Å². The van der Waals surface area contributed by atoms with Crippen molar-refractivity contribution in [3.8, 4) is 11.5 Å². The fraction of sp³-hybridized carbons (Fsp3) is 0.263. The standard InChI is InChI=1S/C19H18ClF2NO5S/c1-10(29-16-7-5-4-6-12(16)20)17(24)23-13-9-15(28-19(21)22)14(26-2)8-11(13)18(25)27-3/h4-10,19H,1-3H3,(H,23,24). The summed E-state index contributed by atoms with van der Waals surface area (Å²) in [5.41, 5.74) is -0.126. The number of halogens is 3. The van der Waals surface area contributed by atoms with E-state index in [-0.39, 0.29) is 22.7 Å². The van der Waals surface area contributed by atoms with Gasteiger partial charge in [-0.3, -0.25) is 4.79 Å². The van der Waals surface area contributed by atoms with Gasteiger partial charge in [0.2, 0.25) is 5.91 Å². The molecule has 1 unspecified atom stereocenters. The number of alkyl halides is 2. The van der Waals surface area contributed by atoms with Crippen LogP contribution < -0.4 is 14.8 Å². The third-order valence-electron chi connectivity index (χ3n) is 3.69. The van der Waals surface area contributed by atoms with Crippen LogP contribution in [-0.2, 0) is 9.53 Å². The number of esters is 1. The smallest absolute Gasteiger partial charge is 0.387 e. The highest BCUT2D eigenvalue weighted by Crippen LogP contribution is 2.36. The van der Waals surface area contributed by atoms with Crippen LogP contribution in [0.25, 0.3) is 0 Å².